The average molecular weight is 210 g/mol. The number of nitrogens with zero attached hydrogens (tertiary/aromatic N) is 2. The number of thiazole rings is 1. The van der Waals surface area contributed by atoms with E-state index in [2.05, 4.69) is 4.98 Å². The molecular weight excluding hydrogens is 200 g/mol. The minimum Gasteiger partial charge on any atom is -0.465 e. The lowest BCUT2D eigenvalue weighted by atomic mass is 10.2. The molecule has 0 aromatic carbocycles. The molecule has 1 unspecified atom stereocenters. The molecule has 0 radical (unpaired) electrons. The van der Waals surface area contributed by atoms with E-state index in [1.807, 2.05) is 13.0 Å². The lowest BCUT2D eigenvalue weighted by molar-refractivity contribution is -0.143. The normalized spacial score (nSPS) is 11.8. The van der Waals surface area contributed by atoms with Gasteiger partial charge in [0.15, 0.2) is 5.92 Å². The summed E-state index contributed by atoms with van der Waals surface area (Å²) in [5.41, 5.74) is 0.814. The summed E-state index contributed by atoms with van der Waals surface area (Å²) >= 11 is 1.30. The summed E-state index contributed by atoms with van der Waals surface area (Å²) in [5.74, 6) is -1.40. The molecule has 0 amide bonds. The molecular formula is C9H10N2O2S. The number of ether oxygens (including phenoxy) is 1. The van der Waals surface area contributed by atoms with Crippen molar-refractivity contribution in [2.24, 2.45) is 0 Å². The summed E-state index contributed by atoms with van der Waals surface area (Å²) in [6.45, 7) is 3.81. The number of carbonyl (C=O) groups excluding carboxylic acids is 1. The van der Waals surface area contributed by atoms with Crippen molar-refractivity contribution in [3.05, 3.63) is 16.1 Å². The largest absolute Gasteiger partial charge is 0.465 e. The highest BCUT2D eigenvalue weighted by atomic mass is 32.1. The van der Waals surface area contributed by atoms with Crippen LogP contribution in [0.4, 0.5) is 0 Å². The van der Waals surface area contributed by atoms with Gasteiger partial charge in [-0.25, -0.2) is 4.98 Å². The Balaban J connectivity index is 2.83. The highest BCUT2D eigenvalue weighted by molar-refractivity contribution is 7.09. The molecule has 1 aromatic heterocycles. The zero-order valence-corrected chi connectivity index (χ0v) is 8.80. The summed E-state index contributed by atoms with van der Waals surface area (Å²) in [6, 6.07) is 1.89. The van der Waals surface area contributed by atoms with Crippen LogP contribution in [0.1, 0.15) is 23.5 Å². The van der Waals surface area contributed by atoms with E-state index in [1.165, 1.54) is 11.3 Å². The fraction of sp³-hybridized carbons (Fsp3) is 0.444. The molecule has 74 valence electrons. The van der Waals surface area contributed by atoms with E-state index in [9.17, 15) is 4.79 Å². The molecule has 0 aliphatic heterocycles. The van der Waals surface area contributed by atoms with Gasteiger partial charge in [0.1, 0.15) is 5.01 Å². The van der Waals surface area contributed by atoms with Gasteiger partial charge in [0.05, 0.1) is 12.7 Å². The number of rotatable bonds is 3. The number of aryl methyl sites for hydroxylation is 1. The van der Waals surface area contributed by atoms with Gasteiger partial charge < -0.3 is 4.74 Å². The second-order valence-electron chi connectivity index (χ2n) is 2.64. The monoisotopic (exact) mass is 210 g/mol. The summed E-state index contributed by atoms with van der Waals surface area (Å²) < 4.78 is 4.76. The zero-order valence-electron chi connectivity index (χ0n) is 7.98. The molecule has 1 rings (SSSR count). The van der Waals surface area contributed by atoms with Gasteiger partial charge in [-0.15, -0.1) is 11.3 Å². The van der Waals surface area contributed by atoms with Crippen LogP contribution in [0.5, 0.6) is 0 Å². The topological polar surface area (TPSA) is 63.0 Å². The molecule has 0 saturated heterocycles. The van der Waals surface area contributed by atoms with Crippen molar-refractivity contribution < 1.29 is 9.53 Å². The molecule has 0 aliphatic rings. The van der Waals surface area contributed by atoms with Gasteiger partial charge in [0.2, 0.25) is 0 Å². The molecule has 0 spiro atoms. The molecule has 0 bridgehead atoms. The molecule has 5 heteroatoms. The number of hydrogen-bond acceptors (Lipinski definition) is 5. The van der Waals surface area contributed by atoms with E-state index in [-0.39, 0.29) is 6.61 Å². The first kappa shape index (κ1) is 10.7. The minimum atomic E-state index is -0.881. The van der Waals surface area contributed by atoms with E-state index in [0.717, 1.165) is 5.69 Å². The highest BCUT2D eigenvalue weighted by Gasteiger charge is 2.24. The molecule has 0 fully saturated rings. The lowest BCUT2D eigenvalue weighted by Gasteiger charge is -2.04. The first-order valence-corrected chi connectivity index (χ1v) is 5.05. The van der Waals surface area contributed by atoms with Crippen LogP contribution in [0.15, 0.2) is 5.38 Å². The second kappa shape index (κ2) is 4.72. The maximum Gasteiger partial charge on any atom is 0.330 e. The average Bonchev–Trinajstić information content (AvgIpc) is 2.54. The van der Waals surface area contributed by atoms with Crippen molar-refractivity contribution in [3.63, 3.8) is 0 Å². The Kier molecular flexibility index (Phi) is 3.60. The van der Waals surface area contributed by atoms with Gasteiger partial charge in [-0.2, -0.15) is 5.26 Å². The Morgan fingerprint density at radius 2 is 2.57 bits per heavy atom. The number of hydrogen-bond donors (Lipinski definition) is 0. The molecule has 0 saturated carbocycles. The standard InChI is InChI=1S/C9H10N2O2S/c1-3-13-9(12)7(4-10)8-11-6(2)5-14-8/h5,7H,3H2,1-2H3. The lowest BCUT2D eigenvalue weighted by Crippen LogP contribution is -2.14. The van der Waals surface area contributed by atoms with Crippen LogP contribution in [0.2, 0.25) is 0 Å². The Bertz CT molecular complexity index is 367. The zero-order chi connectivity index (χ0) is 10.6. The first-order valence-electron chi connectivity index (χ1n) is 4.17. The van der Waals surface area contributed by atoms with Crippen LogP contribution in [0, 0.1) is 18.3 Å². The van der Waals surface area contributed by atoms with Gasteiger partial charge in [0, 0.05) is 11.1 Å². The molecule has 1 heterocycles. The predicted molar refractivity (Wildman–Crippen MR) is 51.8 cm³/mol. The maximum absolute atomic E-state index is 11.3. The quantitative estimate of drug-likeness (QED) is 0.711. The number of carbonyl (C=O) groups is 1. The maximum atomic E-state index is 11.3. The number of nitriles is 1. The molecule has 0 aliphatic carbocycles. The molecule has 0 N–H and O–H groups in total. The molecule has 1 atom stereocenters. The summed E-state index contributed by atoms with van der Waals surface area (Å²) in [5, 5.41) is 11.1. The first-order chi connectivity index (χ1) is 6.69. The van der Waals surface area contributed by atoms with Gasteiger partial charge >= 0.3 is 5.97 Å². The third-order valence-electron chi connectivity index (χ3n) is 1.54. The Morgan fingerprint density at radius 3 is 3.00 bits per heavy atom. The highest BCUT2D eigenvalue weighted by Crippen LogP contribution is 2.20. The fourth-order valence-electron chi connectivity index (χ4n) is 0.939. The minimum absolute atomic E-state index is 0.279. The van der Waals surface area contributed by atoms with E-state index < -0.39 is 11.9 Å². The van der Waals surface area contributed by atoms with E-state index in [1.54, 1.807) is 12.3 Å². The van der Waals surface area contributed by atoms with Crippen molar-refractivity contribution in [2.45, 2.75) is 19.8 Å². The number of aromatic nitrogens is 1. The Labute approximate surface area is 86.1 Å². The van der Waals surface area contributed by atoms with Crippen LogP contribution in [0.25, 0.3) is 0 Å². The van der Waals surface area contributed by atoms with Crippen molar-refractivity contribution >= 4 is 17.3 Å². The van der Waals surface area contributed by atoms with Gasteiger partial charge in [-0.1, -0.05) is 0 Å². The van der Waals surface area contributed by atoms with Crippen LogP contribution >= 0.6 is 11.3 Å². The van der Waals surface area contributed by atoms with Crippen LogP contribution in [0.3, 0.4) is 0 Å². The van der Waals surface area contributed by atoms with Gasteiger partial charge in [-0.05, 0) is 13.8 Å². The smallest absolute Gasteiger partial charge is 0.330 e. The van der Waals surface area contributed by atoms with Crippen LogP contribution < -0.4 is 0 Å². The summed E-state index contributed by atoms with van der Waals surface area (Å²) in [6.07, 6.45) is 0. The van der Waals surface area contributed by atoms with E-state index >= 15 is 0 Å². The SMILES string of the molecule is CCOC(=O)C(C#N)c1nc(C)cs1. The second-order valence-corrected chi connectivity index (χ2v) is 3.53. The van der Waals surface area contributed by atoms with Crippen molar-refractivity contribution in [1.29, 1.82) is 5.26 Å². The third-order valence-corrected chi connectivity index (χ3v) is 2.56. The molecule has 4 nitrogen and oxygen atoms in total. The summed E-state index contributed by atoms with van der Waals surface area (Å²) in [7, 11) is 0. The molecule has 14 heavy (non-hydrogen) atoms. The fourth-order valence-corrected chi connectivity index (χ4v) is 1.76. The Hall–Kier alpha value is -1.41. The van der Waals surface area contributed by atoms with Gasteiger partial charge in [0.25, 0.3) is 0 Å². The van der Waals surface area contributed by atoms with Crippen molar-refractivity contribution in [1.82, 2.24) is 4.98 Å². The van der Waals surface area contributed by atoms with Crippen molar-refractivity contribution in [2.75, 3.05) is 6.61 Å². The van der Waals surface area contributed by atoms with E-state index in [4.69, 9.17) is 10.00 Å². The predicted octanol–water partition coefficient (Wildman–Crippen LogP) is 1.62. The van der Waals surface area contributed by atoms with Crippen molar-refractivity contribution in [3.8, 4) is 6.07 Å². The number of esters is 1. The van der Waals surface area contributed by atoms with E-state index in [0.29, 0.717) is 5.01 Å². The molecule has 1 aromatic rings. The van der Waals surface area contributed by atoms with Crippen LogP contribution in [-0.2, 0) is 9.53 Å². The third kappa shape index (κ3) is 2.30. The van der Waals surface area contributed by atoms with Crippen LogP contribution in [-0.4, -0.2) is 17.6 Å². The van der Waals surface area contributed by atoms with Gasteiger partial charge in [-0.3, -0.25) is 4.79 Å². The summed E-state index contributed by atoms with van der Waals surface area (Å²) in [4.78, 5) is 15.4. The Morgan fingerprint density at radius 1 is 1.86 bits per heavy atom.